The Bertz CT molecular complexity index is 662. The van der Waals surface area contributed by atoms with Crippen LogP contribution in [0.2, 0.25) is 0 Å². The molecule has 3 aromatic rings. The van der Waals surface area contributed by atoms with Crippen LogP contribution in [-0.2, 0) is 0 Å². The number of halogens is 1. The van der Waals surface area contributed by atoms with Crippen LogP contribution in [-0.4, -0.2) is 4.98 Å². The predicted octanol–water partition coefficient (Wildman–Crippen LogP) is 4.66. The molecule has 0 aliphatic heterocycles. The number of benzene rings is 2. The largest absolute Gasteiger partial charge is 0.264 e. The highest BCUT2D eigenvalue weighted by molar-refractivity contribution is 9.10. The lowest BCUT2D eigenvalue weighted by Gasteiger charge is -2.04. The Morgan fingerprint density at radius 1 is 0.824 bits per heavy atom. The minimum Gasteiger partial charge on any atom is -0.264 e. The van der Waals surface area contributed by atoms with Gasteiger partial charge >= 0.3 is 0 Å². The van der Waals surface area contributed by atoms with Crippen LogP contribution in [0.5, 0.6) is 0 Å². The maximum absolute atomic E-state index is 4.15. The zero-order valence-corrected chi connectivity index (χ0v) is 10.7. The molecular formula is C15H10BrN. The van der Waals surface area contributed by atoms with E-state index in [0.29, 0.717) is 0 Å². The molecule has 0 N–H and O–H groups in total. The van der Waals surface area contributed by atoms with Crippen molar-refractivity contribution in [2.45, 2.75) is 0 Å². The Morgan fingerprint density at radius 2 is 1.71 bits per heavy atom. The fraction of sp³-hybridized carbons (Fsp3) is 0. The van der Waals surface area contributed by atoms with Crippen molar-refractivity contribution in [1.29, 1.82) is 0 Å². The summed E-state index contributed by atoms with van der Waals surface area (Å²) in [7, 11) is 0. The molecule has 0 aliphatic rings. The van der Waals surface area contributed by atoms with Crippen molar-refractivity contribution in [1.82, 2.24) is 4.98 Å². The number of rotatable bonds is 1. The van der Waals surface area contributed by atoms with Crippen LogP contribution in [0.1, 0.15) is 0 Å². The lowest BCUT2D eigenvalue weighted by Crippen LogP contribution is -1.80. The fourth-order valence-electron chi connectivity index (χ4n) is 1.93. The van der Waals surface area contributed by atoms with Crippen molar-refractivity contribution in [3.05, 3.63) is 65.4 Å². The molecule has 0 fully saturated rings. The molecule has 3 rings (SSSR count). The number of nitrogens with zero attached hydrogens (tertiary/aromatic N) is 1. The molecule has 1 heterocycles. The summed E-state index contributed by atoms with van der Waals surface area (Å²) in [5.41, 5.74) is 2.35. The van der Waals surface area contributed by atoms with E-state index in [-0.39, 0.29) is 0 Å². The highest BCUT2D eigenvalue weighted by atomic mass is 79.9. The van der Waals surface area contributed by atoms with Crippen molar-refractivity contribution >= 4 is 26.7 Å². The molecule has 2 heteroatoms. The number of fused-ring (bicyclic) bond motifs is 1. The minimum atomic E-state index is 1.10. The van der Waals surface area contributed by atoms with E-state index in [0.717, 1.165) is 10.0 Å². The van der Waals surface area contributed by atoms with Gasteiger partial charge in [0.05, 0.1) is 0 Å². The second-order valence-electron chi connectivity index (χ2n) is 3.95. The van der Waals surface area contributed by atoms with Gasteiger partial charge in [0.2, 0.25) is 0 Å². The number of aromatic nitrogens is 1. The van der Waals surface area contributed by atoms with E-state index in [4.69, 9.17) is 0 Å². The van der Waals surface area contributed by atoms with E-state index < -0.39 is 0 Å². The summed E-state index contributed by atoms with van der Waals surface area (Å²) in [6.07, 6.45) is 3.68. The topological polar surface area (TPSA) is 12.9 Å². The minimum absolute atomic E-state index is 1.10. The number of pyridine rings is 1. The van der Waals surface area contributed by atoms with Crippen molar-refractivity contribution in [2.24, 2.45) is 0 Å². The molecule has 0 saturated heterocycles. The van der Waals surface area contributed by atoms with E-state index >= 15 is 0 Å². The van der Waals surface area contributed by atoms with E-state index in [1.165, 1.54) is 16.3 Å². The van der Waals surface area contributed by atoms with Crippen LogP contribution in [0.4, 0.5) is 0 Å². The van der Waals surface area contributed by atoms with Crippen LogP contribution in [0.25, 0.3) is 21.9 Å². The van der Waals surface area contributed by atoms with Gasteiger partial charge in [-0.2, -0.15) is 0 Å². The predicted molar refractivity (Wildman–Crippen MR) is 74.9 cm³/mol. The van der Waals surface area contributed by atoms with E-state index in [9.17, 15) is 0 Å². The molecule has 1 nitrogen and oxygen atoms in total. The Hall–Kier alpha value is -1.67. The maximum atomic E-state index is 4.15. The smallest absolute Gasteiger partial charge is 0.0346 e. The summed E-state index contributed by atoms with van der Waals surface area (Å²) in [4.78, 5) is 4.15. The highest BCUT2D eigenvalue weighted by Gasteiger charge is 2.00. The van der Waals surface area contributed by atoms with Gasteiger partial charge in [-0.05, 0) is 40.6 Å². The number of hydrogen-bond donors (Lipinski definition) is 0. The molecule has 0 aliphatic carbocycles. The summed E-state index contributed by atoms with van der Waals surface area (Å²) < 4.78 is 1.10. The Labute approximate surface area is 108 Å². The van der Waals surface area contributed by atoms with E-state index in [1.54, 1.807) is 6.20 Å². The standard InChI is InChI=1S/C15H10BrN/c16-15-6-5-11-3-4-12(8-14(11)9-15)13-2-1-7-17-10-13/h1-10H. The normalized spacial score (nSPS) is 10.6. The van der Waals surface area contributed by atoms with Gasteiger partial charge in [-0.15, -0.1) is 0 Å². The third-order valence-corrected chi connectivity index (χ3v) is 3.29. The first-order chi connectivity index (χ1) is 8.33. The molecule has 0 unspecified atom stereocenters. The SMILES string of the molecule is Brc1ccc2ccc(-c3cccnc3)cc2c1. The zero-order valence-electron chi connectivity index (χ0n) is 9.10. The van der Waals surface area contributed by atoms with Gasteiger partial charge in [0.15, 0.2) is 0 Å². The van der Waals surface area contributed by atoms with Gasteiger partial charge in [0.25, 0.3) is 0 Å². The number of hydrogen-bond acceptors (Lipinski definition) is 1. The van der Waals surface area contributed by atoms with Gasteiger partial charge in [0, 0.05) is 22.4 Å². The molecule has 0 radical (unpaired) electrons. The second-order valence-corrected chi connectivity index (χ2v) is 4.86. The molecule has 2 aromatic carbocycles. The molecule has 17 heavy (non-hydrogen) atoms. The van der Waals surface area contributed by atoms with Crippen molar-refractivity contribution in [3.63, 3.8) is 0 Å². The van der Waals surface area contributed by atoms with Gasteiger partial charge in [-0.3, -0.25) is 4.98 Å². The van der Waals surface area contributed by atoms with Crippen LogP contribution < -0.4 is 0 Å². The van der Waals surface area contributed by atoms with Gasteiger partial charge in [-0.1, -0.05) is 40.2 Å². The Balaban J connectivity index is 2.19. The monoisotopic (exact) mass is 283 g/mol. The van der Waals surface area contributed by atoms with Gasteiger partial charge in [-0.25, -0.2) is 0 Å². The average molecular weight is 284 g/mol. The van der Waals surface area contributed by atoms with Crippen LogP contribution in [0.3, 0.4) is 0 Å². The molecule has 0 saturated carbocycles. The lowest BCUT2D eigenvalue weighted by molar-refractivity contribution is 1.33. The summed E-state index contributed by atoms with van der Waals surface area (Å²) in [5.74, 6) is 0. The van der Waals surface area contributed by atoms with E-state index in [1.807, 2.05) is 12.3 Å². The first kappa shape index (κ1) is 10.5. The molecule has 1 aromatic heterocycles. The zero-order chi connectivity index (χ0) is 11.7. The third-order valence-electron chi connectivity index (χ3n) is 2.80. The van der Waals surface area contributed by atoms with Crippen molar-refractivity contribution < 1.29 is 0 Å². The highest BCUT2D eigenvalue weighted by Crippen LogP contribution is 2.25. The first-order valence-corrected chi connectivity index (χ1v) is 6.22. The summed E-state index contributed by atoms with van der Waals surface area (Å²) >= 11 is 3.50. The molecule has 0 bridgehead atoms. The second kappa shape index (κ2) is 4.30. The van der Waals surface area contributed by atoms with Gasteiger partial charge < -0.3 is 0 Å². The molecule has 0 atom stereocenters. The lowest BCUT2D eigenvalue weighted by atomic mass is 10.0. The first-order valence-electron chi connectivity index (χ1n) is 5.43. The van der Waals surface area contributed by atoms with Crippen molar-refractivity contribution in [2.75, 3.05) is 0 Å². The van der Waals surface area contributed by atoms with Gasteiger partial charge in [0.1, 0.15) is 0 Å². The molecule has 82 valence electrons. The fourth-order valence-corrected chi connectivity index (χ4v) is 2.31. The Kier molecular flexibility index (Phi) is 2.65. The van der Waals surface area contributed by atoms with Crippen LogP contribution in [0.15, 0.2) is 65.4 Å². The molecular weight excluding hydrogens is 274 g/mol. The average Bonchev–Trinajstić information content (AvgIpc) is 2.39. The maximum Gasteiger partial charge on any atom is 0.0346 e. The summed E-state index contributed by atoms with van der Waals surface area (Å²) in [6.45, 7) is 0. The summed E-state index contributed by atoms with van der Waals surface area (Å²) in [6, 6.07) is 16.8. The van der Waals surface area contributed by atoms with E-state index in [2.05, 4.69) is 63.4 Å². The third kappa shape index (κ3) is 2.08. The van der Waals surface area contributed by atoms with Crippen molar-refractivity contribution in [3.8, 4) is 11.1 Å². The van der Waals surface area contributed by atoms with Crippen LogP contribution >= 0.6 is 15.9 Å². The summed E-state index contributed by atoms with van der Waals surface area (Å²) in [5, 5.41) is 2.49. The van der Waals surface area contributed by atoms with Crippen LogP contribution in [0, 0.1) is 0 Å². The quantitative estimate of drug-likeness (QED) is 0.633. The Morgan fingerprint density at radius 3 is 2.53 bits per heavy atom. The molecule has 0 amide bonds. The molecule has 0 spiro atoms.